The van der Waals surface area contributed by atoms with E-state index >= 15 is 0 Å². The van der Waals surface area contributed by atoms with E-state index in [0.717, 1.165) is 0 Å². The highest BCUT2D eigenvalue weighted by Crippen LogP contribution is 2.26. The van der Waals surface area contributed by atoms with Gasteiger partial charge in [0.25, 0.3) is 17.6 Å². The van der Waals surface area contributed by atoms with Crippen molar-refractivity contribution < 1.29 is 27.9 Å². The number of nitrogens with zero attached hydrogens (tertiary/aromatic N) is 1. The summed E-state index contributed by atoms with van der Waals surface area (Å²) >= 11 is 0.117. The van der Waals surface area contributed by atoms with Crippen LogP contribution in [0.25, 0.3) is 0 Å². The Labute approximate surface area is 157 Å². The first kappa shape index (κ1) is 20.3. The SMILES string of the molecule is CNC(=O)c1ccc(NC(=O)COC(=O)c2cccnc2SC(F)F)cc1. The van der Waals surface area contributed by atoms with Gasteiger partial charge in [0.1, 0.15) is 5.03 Å². The second kappa shape index (κ2) is 9.62. The van der Waals surface area contributed by atoms with Crippen molar-refractivity contribution in [3.8, 4) is 0 Å². The highest BCUT2D eigenvalue weighted by molar-refractivity contribution is 7.99. The summed E-state index contributed by atoms with van der Waals surface area (Å²) in [6.07, 6.45) is 1.27. The van der Waals surface area contributed by atoms with Crippen LogP contribution < -0.4 is 10.6 Å². The number of hydrogen-bond donors (Lipinski definition) is 2. The van der Waals surface area contributed by atoms with Gasteiger partial charge in [-0.15, -0.1) is 0 Å². The molecule has 142 valence electrons. The summed E-state index contributed by atoms with van der Waals surface area (Å²) in [4.78, 5) is 39.0. The molecule has 10 heteroatoms. The van der Waals surface area contributed by atoms with Crippen molar-refractivity contribution in [3.05, 3.63) is 53.7 Å². The summed E-state index contributed by atoms with van der Waals surface area (Å²) in [5.74, 6) is -4.57. The number of carbonyl (C=O) groups excluding carboxylic acids is 3. The first-order chi connectivity index (χ1) is 12.9. The molecular weight excluding hydrogens is 380 g/mol. The van der Waals surface area contributed by atoms with Crippen LogP contribution in [0, 0.1) is 0 Å². The fraction of sp³-hybridized carbons (Fsp3) is 0.176. The zero-order valence-corrected chi connectivity index (χ0v) is 14.9. The van der Waals surface area contributed by atoms with E-state index < -0.39 is 24.2 Å². The third kappa shape index (κ3) is 6.03. The fourth-order valence-corrected chi connectivity index (χ4v) is 2.55. The molecule has 2 aromatic rings. The smallest absolute Gasteiger partial charge is 0.341 e. The van der Waals surface area contributed by atoms with Crippen LogP contribution in [-0.4, -0.2) is 42.2 Å². The van der Waals surface area contributed by atoms with Crippen molar-refractivity contribution in [1.82, 2.24) is 10.3 Å². The van der Waals surface area contributed by atoms with Crippen LogP contribution in [0.3, 0.4) is 0 Å². The van der Waals surface area contributed by atoms with Gasteiger partial charge in [-0.3, -0.25) is 9.59 Å². The number of hydrogen-bond acceptors (Lipinski definition) is 6. The molecule has 1 aromatic carbocycles. The second-order valence-corrected chi connectivity index (χ2v) is 5.99. The van der Waals surface area contributed by atoms with Crippen molar-refractivity contribution >= 4 is 35.2 Å². The van der Waals surface area contributed by atoms with Gasteiger partial charge in [-0.25, -0.2) is 9.78 Å². The molecule has 2 rings (SSSR count). The number of amides is 2. The minimum Gasteiger partial charge on any atom is -0.452 e. The van der Waals surface area contributed by atoms with Gasteiger partial charge in [-0.2, -0.15) is 8.78 Å². The van der Waals surface area contributed by atoms with Gasteiger partial charge in [0.15, 0.2) is 6.61 Å². The second-order valence-electron chi connectivity index (χ2n) is 5.02. The van der Waals surface area contributed by atoms with Gasteiger partial charge in [-0.05, 0) is 48.2 Å². The molecule has 0 aliphatic heterocycles. The Morgan fingerprint density at radius 2 is 1.89 bits per heavy atom. The maximum Gasteiger partial charge on any atom is 0.341 e. The molecule has 0 aliphatic carbocycles. The van der Waals surface area contributed by atoms with Crippen molar-refractivity contribution in [2.75, 3.05) is 19.0 Å². The molecule has 2 amide bonds. The van der Waals surface area contributed by atoms with Crippen molar-refractivity contribution in [2.24, 2.45) is 0 Å². The molecule has 0 unspecified atom stereocenters. The molecule has 0 fully saturated rings. The quantitative estimate of drug-likeness (QED) is 0.552. The lowest BCUT2D eigenvalue weighted by molar-refractivity contribution is -0.119. The normalized spacial score (nSPS) is 10.4. The summed E-state index contributed by atoms with van der Waals surface area (Å²) in [6, 6.07) is 8.76. The molecular formula is C17H15F2N3O4S. The molecule has 0 atom stereocenters. The summed E-state index contributed by atoms with van der Waals surface area (Å²) in [5, 5.41) is 4.78. The van der Waals surface area contributed by atoms with Gasteiger partial charge >= 0.3 is 5.97 Å². The molecule has 7 nitrogen and oxygen atoms in total. The lowest BCUT2D eigenvalue weighted by Crippen LogP contribution is -2.21. The zero-order chi connectivity index (χ0) is 19.8. The van der Waals surface area contributed by atoms with Crippen LogP contribution in [0.4, 0.5) is 14.5 Å². The number of halogens is 2. The third-order valence-electron chi connectivity index (χ3n) is 3.18. The molecule has 0 saturated carbocycles. The first-order valence-electron chi connectivity index (χ1n) is 7.59. The molecule has 1 aromatic heterocycles. The number of rotatable bonds is 7. The zero-order valence-electron chi connectivity index (χ0n) is 14.1. The van der Waals surface area contributed by atoms with Gasteiger partial charge in [0.05, 0.1) is 5.56 Å². The third-order valence-corrected chi connectivity index (χ3v) is 3.91. The molecule has 0 aliphatic rings. The van der Waals surface area contributed by atoms with Gasteiger partial charge in [0, 0.05) is 24.5 Å². The minimum atomic E-state index is -2.74. The van der Waals surface area contributed by atoms with Crippen molar-refractivity contribution in [3.63, 3.8) is 0 Å². The fourth-order valence-electron chi connectivity index (χ4n) is 1.98. The maximum atomic E-state index is 12.5. The van der Waals surface area contributed by atoms with E-state index in [0.29, 0.717) is 11.3 Å². The largest absolute Gasteiger partial charge is 0.452 e. The maximum absolute atomic E-state index is 12.5. The Hall–Kier alpha value is -3.01. The van der Waals surface area contributed by atoms with Gasteiger partial charge < -0.3 is 15.4 Å². The molecule has 1 heterocycles. The molecule has 2 N–H and O–H groups in total. The van der Waals surface area contributed by atoms with Crippen LogP contribution in [0.1, 0.15) is 20.7 Å². The van der Waals surface area contributed by atoms with Crippen molar-refractivity contribution in [2.45, 2.75) is 10.8 Å². The summed E-state index contributed by atoms with van der Waals surface area (Å²) in [7, 11) is 1.50. The van der Waals surface area contributed by atoms with Crippen molar-refractivity contribution in [1.29, 1.82) is 0 Å². The topological polar surface area (TPSA) is 97.4 Å². The van der Waals surface area contributed by atoms with E-state index in [2.05, 4.69) is 15.6 Å². The standard InChI is InChI=1S/C17H15F2N3O4S/c1-20-14(24)10-4-6-11(7-5-10)22-13(23)9-26-16(25)12-3-2-8-21-15(12)27-17(18)19/h2-8,17H,9H2,1H3,(H,20,24)(H,22,23). The van der Waals surface area contributed by atoms with E-state index in [1.165, 1.54) is 49.6 Å². The van der Waals surface area contributed by atoms with E-state index in [9.17, 15) is 23.2 Å². The minimum absolute atomic E-state index is 0.117. The Bertz CT molecular complexity index is 831. The number of esters is 1. The predicted octanol–water partition coefficient (Wildman–Crippen LogP) is 2.55. The number of thioether (sulfide) groups is 1. The molecule has 27 heavy (non-hydrogen) atoms. The number of nitrogens with one attached hydrogen (secondary N) is 2. The van der Waals surface area contributed by atoms with Crippen LogP contribution in [0.5, 0.6) is 0 Å². The number of aromatic nitrogens is 1. The van der Waals surface area contributed by atoms with E-state index in [4.69, 9.17) is 4.74 Å². The number of pyridine rings is 1. The number of alkyl halides is 2. The number of carbonyl (C=O) groups is 3. The highest BCUT2D eigenvalue weighted by atomic mass is 32.2. The monoisotopic (exact) mass is 395 g/mol. The Balaban J connectivity index is 1.92. The van der Waals surface area contributed by atoms with E-state index in [1.54, 1.807) is 0 Å². The van der Waals surface area contributed by atoms with Gasteiger partial charge in [0.2, 0.25) is 0 Å². The summed E-state index contributed by atoms with van der Waals surface area (Å²) in [5.41, 5.74) is 0.673. The predicted molar refractivity (Wildman–Crippen MR) is 94.8 cm³/mol. The first-order valence-corrected chi connectivity index (χ1v) is 8.47. The lowest BCUT2D eigenvalue weighted by Gasteiger charge is -2.09. The van der Waals surface area contributed by atoms with Crippen LogP contribution in [-0.2, 0) is 9.53 Å². The average Bonchev–Trinajstić information content (AvgIpc) is 2.66. The van der Waals surface area contributed by atoms with Crippen LogP contribution in [0.2, 0.25) is 0 Å². The number of ether oxygens (including phenoxy) is 1. The average molecular weight is 395 g/mol. The lowest BCUT2D eigenvalue weighted by atomic mass is 10.2. The van der Waals surface area contributed by atoms with Crippen LogP contribution in [0.15, 0.2) is 47.6 Å². The van der Waals surface area contributed by atoms with E-state index in [1.807, 2.05) is 0 Å². The Kier molecular flexibility index (Phi) is 7.24. The summed E-state index contributed by atoms with van der Waals surface area (Å²) in [6.45, 7) is -0.607. The Morgan fingerprint density at radius 1 is 1.19 bits per heavy atom. The number of benzene rings is 1. The van der Waals surface area contributed by atoms with Gasteiger partial charge in [-0.1, -0.05) is 0 Å². The van der Waals surface area contributed by atoms with Crippen LogP contribution >= 0.6 is 11.8 Å². The molecule has 0 spiro atoms. The molecule has 0 saturated heterocycles. The number of anilines is 1. The Morgan fingerprint density at radius 3 is 2.52 bits per heavy atom. The van der Waals surface area contributed by atoms with E-state index in [-0.39, 0.29) is 28.3 Å². The molecule has 0 radical (unpaired) electrons. The highest BCUT2D eigenvalue weighted by Gasteiger charge is 2.18. The summed E-state index contributed by atoms with van der Waals surface area (Å²) < 4.78 is 29.9. The molecule has 0 bridgehead atoms.